The molecule has 1 amide bonds. The SMILES string of the molecule is C=C1NC(=O)C/C1=C\c1cnn2c(NC3CC3)cc(N3CCN(c4ncccc4C#N)CC3)nc12. The van der Waals surface area contributed by atoms with Crippen molar-refractivity contribution in [1.29, 1.82) is 5.26 Å². The summed E-state index contributed by atoms with van der Waals surface area (Å²) in [6, 6.07) is 8.35. The maximum Gasteiger partial charge on any atom is 0.228 e. The van der Waals surface area contributed by atoms with Crippen molar-refractivity contribution in [3.8, 4) is 6.07 Å². The molecule has 176 valence electrons. The number of pyridine rings is 1. The van der Waals surface area contributed by atoms with Crippen LogP contribution in [0.5, 0.6) is 0 Å². The van der Waals surface area contributed by atoms with Gasteiger partial charge in [0.05, 0.1) is 18.2 Å². The lowest BCUT2D eigenvalue weighted by Crippen LogP contribution is -2.47. The molecule has 1 aliphatic carbocycles. The molecule has 3 fully saturated rings. The van der Waals surface area contributed by atoms with Gasteiger partial charge in [-0.2, -0.15) is 14.9 Å². The van der Waals surface area contributed by atoms with E-state index in [4.69, 9.17) is 4.98 Å². The minimum atomic E-state index is -0.0483. The topological polar surface area (TPSA) is 114 Å². The third-order valence-electron chi connectivity index (χ3n) is 6.58. The zero-order valence-electron chi connectivity index (χ0n) is 19.2. The molecule has 5 heterocycles. The third kappa shape index (κ3) is 4.05. The van der Waals surface area contributed by atoms with Gasteiger partial charge in [0.2, 0.25) is 5.91 Å². The van der Waals surface area contributed by atoms with Crippen LogP contribution in [0.4, 0.5) is 17.5 Å². The number of hydrogen-bond acceptors (Lipinski definition) is 8. The molecular formula is C25H25N9O. The highest BCUT2D eigenvalue weighted by molar-refractivity contribution is 5.89. The number of allylic oxidation sites excluding steroid dienone is 1. The first-order valence-electron chi connectivity index (χ1n) is 11.8. The maximum atomic E-state index is 11.8. The number of anilines is 3. The minimum absolute atomic E-state index is 0.0483. The normalized spacial score (nSPS) is 19.3. The van der Waals surface area contributed by atoms with Crippen LogP contribution in [-0.4, -0.2) is 57.7 Å². The van der Waals surface area contributed by atoms with Crippen LogP contribution < -0.4 is 20.4 Å². The number of nitrogens with one attached hydrogen (secondary N) is 2. The molecule has 3 aromatic rings. The van der Waals surface area contributed by atoms with Crippen LogP contribution in [0.15, 0.2) is 48.4 Å². The molecule has 2 N–H and O–H groups in total. The molecular weight excluding hydrogens is 442 g/mol. The predicted octanol–water partition coefficient (Wildman–Crippen LogP) is 2.31. The Bertz CT molecular complexity index is 1400. The Balaban J connectivity index is 1.31. The van der Waals surface area contributed by atoms with Gasteiger partial charge in [0.1, 0.15) is 23.5 Å². The molecule has 0 radical (unpaired) electrons. The zero-order valence-corrected chi connectivity index (χ0v) is 19.2. The number of fused-ring (bicyclic) bond motifs is 1. The van der Waals surface area contributed by atoms with E-state index < -0.39 is 0 Å². The van der Waals surface area contributed by atoms with Crippen LogP contribution in [0.1, 0.15) is 30.4 Å². The number of nitrogens with zero attached hydrogens (tertiary/aromatic N) is 7. The highest BCUT2D eigenvalue weighted by atomic mass is 16.1. The van der Waals surface area contributed by atoms with Gasteiger partial charge in [0.15, 0.2) is 5.65 Å². The van der Waals surface area contributed by atoms with Gasteiger partial charge in [-0.3, -0.25) is 4.79 Å². The fourth-order valence-electron chi connectivity index (χ4n) is 4.55. The number of aromatic nitrogens is 4. The number of amides is 1. The van der Waals surface area contributed by atoms with E-state index in [1.807, 2.05) is 10.6 Å². The van der Waals surface area contributed by atoms with Gasteiger partial charge in [-0.05, 0) is 36.6 Å². The number of nitriles is 1. The molecule has 2 saturated heterocycles. The zero-order chi connectivity index (χ0) is 23.9. The number of carbonyl (C=O) groups is 1. The number of carbonyl (C=O) groups excluding carboxylic acids is 1. The summed E-state index contributed by atoms with van der Waals surface area (Å²) in [5.41, 5.74) is 3.67. The fourth-order valence-corrected chi connectivity index (χ4v) is 4.55. The van der Waals surface area contributed by atoms with Gasteiger partial charge in [0.25, 0.3) is 0 Å². The Labute approximate surface area is 202 Å². The van der Waals surface area contributed by atoms with E-state index in [2.05, 4.69) is 49.2 Å². The summed E-state index contributed by atoms with van der Waals surface area (Å²) in [5, 5.41) is 20.4. The summed E-state index contributed by atoms with van der Waals surface area (Å²) in [4.78, 5) is 25.6. The second-order valence-electron chi connectivity index (χ2n) is 9.09. The number of rotatable bonds is 5. The average molecular weight is 468 g/mol. The molecule has 10 heteroatoms. The molecule has 35 heavy (non-hydrogen) atoms. The van der Waals surface area contributed by atoms with Crippen molar-refractivity contribution in [1.82, 2.24) is 24.9 Å². The molecule has 10 nitrogen and oxygen atoms in total. The quantitative estimate of drug-likeness (QED) is 0.588. The summed E-state index contributed by atoms with van der Waals surface area (Å²) in [6.07, 6.45) is 8.07. The fraction of sp³-hybridized carbons (Fsp3) is 0.320. The molecule has 1 saturated carbocycles. The van der Waals surface area contributed by atoms with Crippen LogP contribution >= 0.6 is 0 Å². The van der Waals surface area contributed by atoms with Crippen LogP contribution in [0.3, 0.4) is 0 Å². The molecule has 3 aromatic heterocycles. The van der Waals surface area contributed by atoms with E-state index in [-0.39, 0.29) is 5.91 Å². The van der Waals surface area contributed by atoms with E-state index in [9.17, 15) is 10.1 Å². The highest BCUT2D eigenvalue weighted by Gasteiger charge is 2.26. The van der Waals surface area contributed by atoms with Crippen LogP contribution in [0.2, 0.25) is 0 Å². The second-order valence-corrected chi connectivity index (χ2v) is 9.09. The van der Waals surface area contributed by atoms with Gasteiger partial charge in [0, 0.05) is 55.7 Å². The van der Waals surface area contributed by atoms with Crippen LogP contribution in [0.25, 0.3) is 11.7 Å². The van der Waals surface area contributed by atoms with Crippen LogP contribution in [-0.2, 0) is 4.79 Å². The molecule has 0 aromatic carbocycles. The molecule has 0 unspecified atom stereocenters. The Hall–Kier alpha value is -4.39. The largest absolute Gasteiger partial charge is 0.367 e. The lowest BCUT2D eigenvalue weighted by Gasteiger charge is -2.36. The molecule has 0 atom stereocenters. The van der Waals surface area contributed by atoms with Gasteiger partial charge in [-0.1, -0.05) is 6.58 Å². The minimum Gasteiger partial charge on any atom is -0.367 e. The standard InChI is InChI=1S/C25H25N9O/c1-16-18(12-23(35)29-16)11-19-15-28-34-22(30-20-4-5-20)13-21(31-25(19)34)32-7-9-33(10-8-32)24-17(14-26)3-2-6-27-24/h2-3,6,11,13,15,20,30H,1,4-5,7-10,12H2,(H,29,35)/b18-11+. The van der Waals surface area contributed by atoms with Crippen molar-refractivity contribution >= 4 is 35.1 Å². The van der Waals surface area contributed by atoms with E-state index in [1.165, 1.54) is 0 Å². The summed E-state index contributed by atoms with van der Waals surface area (Å²) < 4.78 is 1.84. The maximum absolute atomic E-state index is 11.8. The third-order valence-corrected chi connectivity index (χ3v) is 6.58. The molecule has 2 aliphatic heterocycles. The summed E-state index contributed by atoms with van der Waals surface area (Å²) in [7, 11) is 0. The van der Waals surface area contributed by atoms with E-state index in [1.54, 1.807) is 24.5 Å². The number of hydrogen-bond donors (Lipinski definition) is 2. The molecule has 0 bridgehead atoms. The van der Waals surface area contributed by atoms with Crippen molar-refractivity contribution in [3.63, 3.8) is 0 Å². The van der Waals surface area contributed by atoms with Gasteiger partial charge < -0.3 is 20.4 Å². The molecule has 0 spiro atoms. The smallest absolute Gasteiger partial charge is 0.228 e. The first kappa shape index (κ1) is 21.2. The summed E-state index contributed by atoms with van der Waals surface area (Å²) in [5.74, 6) is 2.48. The Morgan fingerprint density at radius 2 is 2.03 bits per heavy atom. The van der Waals surface area contributed by atoms with Crippen molar-refractivity contribution in [2.45, 2.75) is 25.3 Å². The van der Waals surface area contributed by atoms with Crippen molar-refractivity contribution in [3.05, 3.63) is 59.6 Å². The van der Waals surface area contributed by atoms with E-state index >= 15 is 0 Å². The first-order chi connectivity index (χ1) is 17.1. The van der Waals surface area contributed by atoms with Gasteiger partial charge >= 0.3 is 0 Å². The second kappa shape index (κ2) is 8.43. The Morgan fingerprint density at radius 1 is 1.23 bits per heavy atom. The lowest BCUT2D eigenvalue weighted by atomic mass is 10.1. The molecule has 3 aliphatic rings. The lowest BCUT2D eigenvalue weighted by molar-refractivity contribution is -0.118. The monoisotopic (exact) mass is 467 g/mol. The van der Waals surface area contributed by atoms with E-state index in [0.29, 0.717) is 23.7 Å². The van der Waals surface area contributed by atoms with Gasteiger partial charge in [-0.15, -0.1) is 0 Å². The predicted molar refractivity (Wildman–Crippen MR) is 133 cm³/mol. The summed E-state index contributed by atoms with van der Waals surface area (Å²) >= 11 is 0. The average Bonchev–Trinajstić information content (AvgIpc) is 3.51. The van der Waals surface area contributed by atoms with Crippen molar-refractivity contribution in [2.24, 2.45) is 0 Å². The van der Waals surface area contributed by atoms with Crippen molar-refractivity contribution < 1.29 is 4.79 Å². The molecule has 6 rings (SSSR count). The Morgan fingerprint density at radius 3 is 2.74 bits per heavy atom. The number of piperazine rings is 1. The first-order valence-corrected chi connectivity index (χ1v) is 11.8. The summed E-state index contributed by atoms with van der Waals surface area (Å²) in [6.45, 7) is 6.95. The Kier molecular flexibility index (Phi) is 5.10. The van der Waals surface area contributed by atoms with Gasteiger partial charge in [-0.25, -0.2) is 9.97 Å². The van der Waals surface area contributed by atoms with Crippen molar-refractivity contribution in [2.75, 3.05) is 41.3 Å². The van der Waals surface area contributed by atoms with E-state index in [0.717, 1.165) is 73.3 Å². The van der Waals surface area contributed by atoms with Crippen LogP contribution in [0, 0.1) is 11.3 Å². The highest BCUT2D eigenvalue weighted by Crippen LogP contribution is 2.30.